The maximum Gasteiger partial charge on any atom is 0.259 e. The van der Waals surface area contributed by atoms with Gasteiger partial charge in [0, 0.05) is 23.4 Å². The van der Waals surface area contributed by atoms with Crippen LogP contribution in [-0.4, -0.2) is 29.6 Å². The third-order valence-corrected chi connectivity index (χ3v) is 6.00. The van der Waals surface area contributed by atoms with E-state index in [9.17, 15) is 4.79 Å². The molecule has 4 rings (SSSR count). The summed E-state index contributed by atoms with van der Waals surface area (Å²) in [4.78, 5) is 14.6. The Hall–Kier alpha value is -1.14. The summed E-state index contributed by atoms with van der Waals surface area (Å²) in [6.07, 6.45) is 1.97. The molecule has 4 nitrogen and oxygen atoms in total. The minimum absolute atomic E-state index is 0.0428. The summed E-state index contributed by atoms with van der Waals surface area (Å²) in [5.41, 5.74) is 1.16. The summed E-state index contributed by atoms with van der Waals surface area (Å²) in [5.74, 6) is 0.831. The Morgan fingerprint density at radius 2 is 2.24 bits per heavy atom. The second-order valence-corrected chi connectivity index (χ2v) is 7.02. The van der Waals surface area contributed by atoms with Crippen LogP contribution >= 0.6 is 28.1 Å². The maximum absolute atomic E-state index is 13.0. The van der Waals surface area contributed by atoms with Gasteiger partial charge >= 0.3 is 0 Å². The number of rotatable bonds is 1. The van der Waals surface area contributed by atoms with Gasteiger partial charge in [0.15, 0.2) is 10.7 Å². The second-order valence-electron chi connectivity index (χ2n) is 6.08. The van der Waals surface area contributed by atoms with Crippen molar-refractivity contribution in [2.75, 3.05) is 13.7 Å². The lowest BCUT2D eigenvalue weighted by Gasteiger charge is -2.41. The zero-order valence-electron chi connectivity index (χ0n) is 11.6. The van der Waals surface area contributed by atoms with E-state index < -0.39 is 5.54 Å². The van der Waals surface area contributed by atoms with Crippen molar-refractivity contribution < 1.29 is 9.53 Å². The van der Waals surface area contributed by atoms with E-state index in [0.29, 0.717) is 11.7 Å². The van der Waals surface area contributed by atoms with Crippen LogP contribution in [0.2, 0.25) is 0 Å². The van der Waals surface area contributed by atoms with Crippen molar-refractivity contribution in [2.24, 2.45) is 5.41 Å². The van der Waals surface area contributed by atoms with E-state index in [4.69, 9.17) is 17.0 Å². The van der Waals surface area contributed by atoms with Gasteiger partial charge in [0.25, 0.3) is 5.91 Å². The van der Waals surface area contributed by atoms with E-state index in [2.05, 4.69) is 27.3 Å². The van der Waals surface area contributed by atoms with Crippen LogP contribution in [0.15, 0.2) is 18.2 Å². The van der Waals surface area contributed by atoms with E-state index in [1.807, 2.05) is 12.1 Å². The molecule has 1 N–H and O–H groups in total. The van der Waals surface area contributed by atoms with E-state index >= 15 is 0 Å². The number of fused-ring (bicyclic) bond motifs is 3. The number of thiocarbonyl (C=S) groups is 1. The molecule has 2 heterocycles. The molecule has 110 valence electrons. The Kier molecular flexibility index (Phi) is 2.70. The fourth-order valence-corrected chi connectivity index (χ4v) is 4.13. The molecule has 2 spiro atoms. The van der Waals surface area contributed by atoms with Gasteiger partial charge < -0.3 is 10.1 Å². The first-order valence-electron chi connectivity index (χ1n) is 6.96. The Balaban J connectivity index is 1.97. The van der Waals surface area contributed by atoms with E-state index in [1.54, 1.807) is 11.9 Å². The van der Waals surface area contributed by atoms with Gasteiger partial charge in [-0.2, -0.15) is 0 Å². The number of hydrogen-bond donors (Lipinski definition) is 1. The van der Waals surface area contributed by atoms with Crippen LogP contribution in [-0.2, 0) is 15.7 Å². The number of nitrogens with zero attached hydrogens (tertiary/aromatic N) is 1. The number of carbonyl (C=O) groups is 1. The second kappa shape index (κ2) is 4.20. The summed E-state index contributed by atoms with van der Waals surface area (Å²) in [7, 11) is 1.74. The molecule has 3 aliphatic rings. The van der Waals surface area contributed by atoms with Crippen LogP contribution < -0.4 is 10.1 Å². The number of carbonyl (C=O) groups excluding carboxylic acids is 1. The number of hydrogen-bond acceptors (Lipinski definition) is 3. The lowest BCUT2D eigenvalue weighted by molar-refractivity contribution is -0.134. The Labute approximate surface area is 137 Å². The highest BCUT2D eigenvalue weighted by molar-refractivity contribution is 9.08. The van der Waals surface area contributed by atoms with Gasteiger partial charge in [-0.1, -0.05) is 22.0 Å². The average molecular weight is 367 g/mol. The first-order chi connectivity index (χ1) is 10.0. The Morgan fingerprint density at radius 3 is 2.81 bits per heavy atom. The summed E-state index contributed by atoms with van der Waals surface area (Å²) >= 11 is 8.82. The zero-order chi connectivity index (χ0) is 14.8. The largest absolute Gasteiger partial charge is 0.492 e. The molecule has 0 radical (unpaired) electrons. The predicted molar refractivity (Wildman–Crippen MR) is 86.4 cm³/mol. The summed E-state index contributed by atoms with van der Waals surface area (Å²) in [6, 6.07) is 6.04. The number of alkyl halides is 1. The van der Waals surface area contributed by atoms with Gasteiger partial charge in [0.05, 0.1) is 6.61 Å². The van der Waals surface area contributed by atoms with Crippen molar-refractivity contribution in [3.63, 3.8) is 0 Å². The van der Waals surface area contributed by atoms with Crippen molar-refractivity contribution in [2.45, 2.75) is 23.7 Å². The minimum atomic E-state index is -0.745. The van der Waals surface area contributed by atoms with Gasteiger partial charge in [-0.3, -0.25) is 9.69 Å². The molecule has 1 aliphatic carbocycles. The van der Waals surface area contributed by atoms with Crippen LogP contribution in [0.5, 0.6) is 5.75 Å². The fourth-order valence-electron chi connectivity index (χ4n) is 3.54. The lowest BCUT2D eigenvalue weighted by Crippen LogP contribution is -2.56. The quantitative estimate of drug-likeness (QED) is 0.611. The smallest absolute Gasteiger partial charge is 0.259 e. The van der Waals surface area contributed by atoms with Crippen molar-refractivity contribution in [1.82, 2.24) is 10.2 Å². The fraction of sp³-hybridized carbons (Fsp3) is 0.467. The van der Waals surface area contributed by atoms with E-state index in [-0.39, 0.29) is 11.3 Å². The van der Waals surface area contributed by atoms with Gasteiger partial charge in [-0.05, 0) is 42.8 Å². The van der Waals surface area contributed by atoms with Crippen molar-refractivity contribution in [3.05, 3.63) is 29.3 Å². The molecule has 1 saturated carbocycles. The highest BCUT2D eigenvalue weighted by Crippen LogP contribution is 2.63. The first-order valence-corrected chi connectivity index (χ1v) is 8.49. The Bertz CT molecular complexity index is 674. The van der Waals surface area contributed by atoms with Crippen LogP contribution in [0.3, 0.4) is 0 Å². The van der Waals surface area contributed by atoms with Gasteiger partial charge in [-0.15, -0.1) is 0 Å². The molecule has 1 atom stereocenters. The molecule has 1 saturated heterocycles. The third kappa shape index (κ3) is 1.55. The van der Waals surface area contributed by atoms with Crippen LogP contribution in [0.25, 0.3) is 0 Å². The number of halogens is 1. The molecule has 1 amide bonds. The third-order valence-electron chi connectivity index (χ3n) is 4.98. The molecule has 2 fully saturated rings. The molecule has 1 aromatic carbocycles. The average Bonchev–Trinajstić information content (AvgIpc) is 3.25. The predicted octanol–water partition coefficient (Wildman–Crippen LogP) is 2.30. The summed E-state index contributed by atoms with van der Waals surface area (Å²) in [5, 5.41) is 4.59. The number of ether oxygens (including phenoxy) is 1. The number of nitrogens with one attached hydrogen (secondary N) is 1. The van der Waals surface area contributed by atoms with Crippen molar-refractivity contribution >= 4 is 39.2 Å². The molecule has 0 bridgehead atoms. The summed E-state index contributed by atoms with van der Waals surface area (Å²) < 4.78 is 5.94. The minimum Gasteiger partial charge on any atom is -0.492 e. The standard InChI is InChI=1S/C15H15BrN2O2S/c1-18-12(19)15(17-13(18)21)10-6-9(7-16)2-3-11(10)20-8-14(15)4-5-14/h2-3,6H,4-5,7-8H2,1H3,(H,17,21). The van der Waals surface area contributed by atoms with Crippen LogP contribution in [0.1, 0.15) is 24.0 Å². The number of benzene rings is 1. The summed E-state index contributed by atoms with van der Waals surface area (Å²) in [6.45, 7) is 0.572. The SMILES string of the molecule is CN1C(=O)C2(NC1=S)c1cc(CBr)ccc1OCC21CC1. The number of amides is 1. The monoisotopic (exact) mass is 366 g/mol. The molecule has 6 heteroatoms. The Morgan fingerprint density at radius 1 is 1.48 bits per heavy atom. The van der Waals surface area contributed by atoms with E-state index in [1.165, 1.54) is 0 Å². The van der Waals surface area contributed by atoms with Gasteiger partial charge in [0.2, 0.25) is 0 Å². The molecule has 1 aromatic rings. The van der Waals surface area contributed by atoms with Gasteiger partial charge in [-0.25, -0.2) is 0 Å². The van der Waals surface area contributed by atoms with Gasteiger partial charge in [0.1, 0.15) is 5.75 Å². The van der Waals surface area contributed by atoms with Crippen molar-refractivity contribution in [1.29, 1.82) is 0 Å². The zero-order valence-corrected chi connectivity index (χ0v) is 14.0. The molecular formula is C15H15BrN2O2S. The lowest BCUT2D eigenvalue weighted by atomic mass is 9.73. The normalized spacial score (nSPS) is 28.6. The molecule has 1 unspecified atom stereocenters. The van der Waals surface area contributed by atoms with Crippen molar-refractivity contribution in [3.8, 4) is 5.75 Å². The van der Waals surface area contributed by atoms with Crippen LogP contribution in [0, 0.1) is 5.41 Å². The highest BCUT2D eigenvalue weighted by atomic mass is 79.9. The molecule has 2 aliphatic heterocycles. The number of likely N-dealkylation sites (N-methyl/N-ethyl adjacent to an activating group) is 1. The molecular weight excluding hydrogens is 352 g/mol. The topological polar surface area (TPSA) is 41.6 Å². The maximum atomic E-state index is 13.0. The molecule has 0 aromatic heterocycles. The molecule has 21 heavy (non-hydrogen) atoms. The highest BCUT2D eigenvalue weighted by Gasteiger charge is 2.70. The first kappa shape index (κ1) is 13.5. The van der Waals surface area contributed by atoms with E-state index in [0.717, 1.165) is 35.0 Å². The van der Waals surface area contributed by atoms with Crippen LogP contribution in [0.4, 0.5) is 0 Å².